The van der Waals surface area contributed by atoms with E-state index in [2.05, 4.69) is 17.2 Å². The quantitative estimate of drug-likeness (QED) is 0.798. The maximum absolute atomic E-state index is 12.1. The fourth-order valence-corrected chi connectivity index (χ4v) is 2.46. The average molecular weight is 256 g/mol. The highest BCUT2D eigenvalue weighted by atomic mass is 16.1. The molecule has 0 radical (unpaired) electrons. The lowest BCUT2D eigenvalue weighted by Crippen LogP contribution is -2.20. The van der Waals surface area contributed by atoms with Gasteiger partial charge in [-0.05, 0) is 43.5 Å². The number of carbonyl (C=O) groups is 1. The Kier molecular flexibility index (Phi) is 4.59. The van der Waals surface area contributed by atoms with Gasteiger partial charge in [0, 0.05) is 17.2 Å². The van der Waals surface area contributed by atoms with Crippen LogP contribution in [0.2, 0.25) is 0 Å². The zero-order valence-corrected chi connectivity index (χ0v) is 11.3. The summed E-state index contributed by atoms with van der Waals surface area (Å²) >= 11 is 0. The molecule has 3 nitrogen and oxygen atoms in total. The van der Waals surface area contributed by atoms with Crippen LogP contribution >= 0.6 is 0 Å². The Morgan fingerprint density at radius 2 is 2.16 bits per heavy atom. The molecule has 0 bridgehead atoms. The summed E-state index contributed by atoms with van der Waals surface area (Å²) in [6.07, 6.45) is 4.38. The standard InChI is InChI=1S/C16H20N2O/c1-12-11-13(5-4-10-17)8-9-15(12)18-16(19)14-6-2-3-7-14/h8-9,11,14H,2-3,6-7,10,17H2,1H3,(H,18,19). The first-order valence-corrected chi connectivity index (χ1v) is 6.81. The van der Waals surface area contributed by atoms with Gasteiger partial charge >= 0.3 is 0 Å². The molecule has 1 aromatic carbocycles. The highest BCUT2D eigenvalue weighted by Gasteiger charge is 2.22. The van der Waals surface area contributed by atoms with E-state index in [1.807, 2.05) is 25.1 Å². The minimum Gasteiger partial charge on any atom is -0.326 e. The molecule has 1 aliphatic carbocycles. The summed E-state index contributed by atoms with van der Waals surface area (Å²) in [6.45, 7) is 2.34. The summed E-state index contributed by atoms with van der Waals surface area (Å²) < 4.78 is 0. The largest absolute Gasteiger partial charge is 0.326 e. The summed E-state index contributed by atoms with van der Waals surface area (Å²) in [4.78, 5) is 12.1. The normalized spacial score (nSPS) is 14.8. The van der Waals surface area contributed by atoms with Crippen LogP contribution in [0.25, 0.3) is 0 Å². The number of hydrogen-bond donors (Lipinski definition) is 2. The Morgan fingerprint density at radius 1 is 1.42 bits per heavy atom. The van der Waals surface area contributed by atoms with E-state index in [0.717, 1.165) is 29.7 Å². The third-order valence-electron chi connectivity index (χ3n) is 3.55. The van der Waals surface area contributed by atoms with Gasteiger partial charge in [-0.2, -0.15) is 0 Å². The number of carbonyl (C=O) groups excluding carboxylic acids is 1. The Morgan fingerprint density at radius 3 is 2.79 bits per heavy atom. The monoisotopic (exact) mass is 256 g/mol. The average Bonchev–Trinajstić information content (AvgIpc) is 2.93. The van der Waals surface area contributed by atoms with Crippen molar-refractivity contribution in [2.75, 3.05) is 11.9 Å². The van der Waals surface area contributed by atoms with E-state index in [0.29, 0.717) is 6.54 Å². The molecule has 3 N–H and O–H groups in total. The van der Waals surface area contributed by atoms with Crippen molar-refractivity contribution in [3.63, 3.8) is 0 Å². The number of hydrogen-bond acceptors (Lipinski definition) is 2. The summed E-state index contributed by atoms with van der Waals surface area (Å²) in [5, 5.41) is 3.02. The van der Waals surface area contributed by atoms with Crippen LogP contribution in [0.15, 0.2) is 18.2 Å². The summed E-state index contributed by atoms with van der Waals surface area (Å²) in [7, 11) is 0. The van der Waals surface area contributed by atoms with Gasteiger partial charge in [0.2, 0.25) is 5.91 Å². The van der Waals surface area contributed by atoms with E-state index in [1.165, 1.54) is 12.8 Å². The minimum absolute atomic E-state index is 0.154. The van der Waals surface area contributed by atoms with Gasteiger partial charge in [0.05, 0.1) is 6.54 Å². The highest BCUT2D eigenvalue weighted by Crippen LogP contribution is 2.26. The molecule has 0 atom stereocenters. The van der Waals surface area contributed by atoms with Crippen LogP contribution in [0.4, 0.5) is 5.69 Å². The topological polar surface area (TPSA) is 55.1 Å². The second-order valence-corrected chi connectivity index (χ2v) is 5.01. The van der Waals surface area contributed by atoms with Gasteiger partial charge < -0.3 is 11.1 Å². The third kappa shape index (κ3) is 3.59. The van der Waals surface area contributed by atoms with Crippen molar-refractivity contribution in [3.05, 3.63) is 29.3 Å². The van der Waals surface area contributed by atoms with E-state index >= 15 is 0 Å². The zero-order valence-electron chi connectivity index (χ0n) is 11.3. The lowest BCUT2D eigenvalue weighted by Gasteiger charge is -2.12. The summed E-state index contributed by atoms with van der Waals surface area (Å²) in [5.41, 5.74) is 8.20. The minimum atomic E-state index is 0.154. The second kappa shape index (κ2) is 6.40. The Bertz CT molecular complexity index is 519. The fraction of sp³-hybridized carbons (Fsp3) is 0.438. The predicted molar refractivity (Wildman–Crippen MR) is 77.7 cm³/mol. The van der Waals surface area contributed by atoms with Crippen LogP contribution in [0.3, 0.4) is 0 Å². The van der Waals surface area contributed by atoms with Crippen molar-refractivity contribution in [2.24, 2.45) is 11.7 Å². The molecule has 1 aromatic rings. The first-order valence-electron chi connectivity index (χ1n) is 6.81. The maximum Gasteiger partial charge on any atom is 0.227 e. The molecule has 1 amide bonds. The summed E-state index contributed by atoms with van der Waals surface area (Å²) in [6, 6.07) is 5.82. The molecule has 0 saturated heterocycles. The van der Waals surface area contributed by atoms with Crippen molar-refractivity contribution in [3.8, 4) is 11.8 Å². The fourth-order valence-electron chi connectivity index (χ4n) is 2.46. The van der Waals surface area contributed by atoms with E-state index in [9.17, 15) is 4.79 Å². The number of amides is 1. The molecule has 2 rings (SSSR count). The Labute approximate surface area is 114 Å². The molecular formula is C16H20N2O. The molecule has 1 fully saturated rings. The van der Waals surface area contributed by atoms with Crippen molar-refractivity contribution < 1.29 is 4.79 Å². The molecule has 1 aliphatic rings. The molecule has 0 spiro atoms. The van der Waals surface area contributed by atoms with Gasteiger partial charge in [0.1, 0.15) is 0 Å². The van der Waals surface area contributed by atoms with E-state index < -0.39 is 0 Å². The first-order chi connectivity index (χ1) is 9.20. The summed E-state index contributed by atoms with van der Waals surface area (Å²) in [5.74, 6) is 6.17. The van der Waals surface area contributed by atoms with Gasteiger partial charge in [0.15, 0.2) is 0 Å². The van der Waals surface area contributed by atoms with E-state index in [-0.39, 0.29) is 11.8 Å². The zero-order chi connectivity index (χ0) is 13.7. The Balaban J connectivity index is 2.06. The molecular weight excluding hydrogens is 236 g/mol. The maximum atomic E-state index is 12.1. The molecule has 3 heteroatoms. The lowest BCUT2D eigenvalue weighted by atomic mass is 10.1. The van der Waals surface area contributed by atoms with Crippen molar-refractivity contribution in [1.82, 2.24) is 0 Å². The SMILES string of the molecule is Cc1cc(C#CCN)ccc1NC(=O)C1CCCC1. The lowest BCUT2D eigenvalue weighted by molar-refractivity contribution is -0.119. The van der Waals surface area contributed by atoms with Crippen LogP contribution in [0.1, 0.15) is 36.8 Å². The predicted octanol–water partition coefficient (Wildman–Crippen LogP) is 2.43. The molecule has 100 valence electrons. The first kappa shape index (κ1) is 13.6. The van der Waals surface area contributed by atoms with Crippen molar-refractivity contribution >= 4 is 11.6 Å². The van der Waals surface area contributed by atoms with Crippen LogP contribution in [0, 0.1) is 24.7 Å². The molecule has 0 aliphatic heterocycles. The van der Waals surface area contributed by atoms with Crippen LogP contribution in [-0.2, 0) is 4.79 Å². The van der Waals surface area contributed by atoms with Gasteiger partial charge in [-0.1, -0.05) is 24.7 Å². The molecule has 19 heavy (non-hydrogen) atoms. The van der Waals surface area contributed by atoms with E-state index in [4.69, 9.17) is 5.73 Å². The number of nitrogens with two attached hydrogens (primary N) is 1. The molecule has 0 unspecified atom stereocenters. The van der Waals surface area contributed by atoms with Gasteiger partial charge in [0.25, 0.3) is 0 Å². The van der Waals surface area contributed by atoms with Gasteiger partial charge in [-0.3, -0.25) is 4.79 Å². The van der Waals surface area contributed by atoms with Gasteiger partial charge in [-0.15, -0.1) is 0 Å². The molecule has 0 aromatic heterocycles. The van der Waals surface area contributed by atoms with Crippen LogP contribution in [0.5, 0.6) is 0 Å². The second-order valence-electron chi connectivity index (χ2n) is 5.01. The number of nitrogens with one attached hydrogen (secondary N) is 1. The highest BCUT2D eigenvalue weighted by molar-refractivity contribution is 5.93. The van der Waals surface area contributed by atoms with Crippen LogP contribution in [-0.4, -0.2) is 12.5 Å². The number of anilines is 1. The number of benzene rings is 1. The number of rotatable bonds is 2. The van der Waals surface area contributed by atoms with E-state index in [1.54, 1.807) is 0 Å². The Hall–Kier alpha value is -1.79. The molecule has 1 saturated carbocycles. The third-order valence-corrected chi connectivity index (χ3v) is 3.55. The molecule has 0 heterocycles. The smallest absolute Gasteiger partial charge is 0.227 e. The van der Waals surface area contributed by atoms with Crippen molar-refractivity contribution in [2.45, 2.75) is 32.6 Å². The van der Waals surface area contributed by atoms with Crippen LogP contribution < -0.4 is 11.1 Å². The van der Waals surface area contributed by atoms with Crippen molar-refractivity contribution in [1.29, 1.82) is 0 Å². The number of aryl methyl sites for hydroxylation is 1. The van der Waals surface area contributed by atoms with Gasteiger partial charge in [-0.25, -0.2) is 0 Å².